The molecule has 37 heavy (non-hydrogen) atoms. The molecule has 0 saturated heterocycles. The summed E-state index contributed by atoms with van der Waals surface area (Å²) in [6, 6.07) is 14.4. The van der Waals surface area contributed by atoms with Crippen molar-refractivity contribution in [1.82, 2.24) is 10.6 Å². The van der Waals surface area contributed by atoms with Gasteiger partial charge >= 0.3 is 0 Å². The van der Waals surface area contributed by atoms with Crippen LogP contribution in [0.1, 0.15) is 49.0 Å². The molecule has 7 heteroatoms. The van der Waals surface area contributed by atoms with Gasteiger partial charge in [-0.2, -0.15) is 0 Å². The molecule has 1 atom stereocenters. The van der Waals surface area contributed by atoms with Crippen molar-refractivity contribution in [3.8, 4) is 5.75 Å². The molecule has 2 aromatic rings. The summed E-state index contributed by atoms with van der Waals surface area (Å²) in [5.41, 5.74) is 11.1. The molecule has 1 aliphatic heterocycles. The summed E-state index contributed by atoms with van der Waals surface area (Å²) in [5, 5.41) is 6.47. The SMILES string of the molecule is CC.CSc1ccc(CNC(=O)c2ccc3c(c2)OCCCN3C2=C/C(=C/NC3CC3)C(N)C=C2)cc1. The van der Waals surface area contributed by atoms with Crippen molar-refractivity contribution >= 4 is 23.4 Å². The molecule has 0 spiro atoms. The molecular weight excluding hydrogens is 480 g/mol. The van der Waals surface area contributed by atoms with Crippen LogP contribution in [-0.2, 0) is 6.54 Å². The van der Waals surface area contributed by atoms with E-state index in [2.05, 4.69) is 52.3 Å². The fourth-order valence-corrected chi connectivity index (χ4v) is 4.62. The van der Waals surface area contributed by atoms with Gasteiger partial charge in [0, 0.05) is 47.5 Å². The van der Waals surface area contributed by atoms with Crippen LogP contribution in [0, 0.1) is 0 Å². The van der Waals surface area contributed by atoms with Gasteiger partial charge in [-0.15, -0.1) is 11.8 Å². The van der Waals surface area contributed by atoms with Gasteiger partial charge in [0.2, 0.25) is 0 Å². The van der Waals surface area contributed by atoms with Crippen LogP contribution >= 0.6 is 11.8 Å². The number of nitrogens with two attached hydrogens (primary N) is 1. The zero-order valence-corrected chi connectivity index (χ0v) is 22.8. The monoisotopic (exact) mass is 518 g/mol. The first-order valence-electron chi connectivity index (χ1n) is 13.2. The molecular formula is C30H38N4O2S. The standard InChI is InChI=1S/C28H32N4O2S.C2H6/c1-35-24-9-3-19(4-10-24)17-31-28(33)20-5-12-26-27(16-20)34-14-2-13-32(26)23-8-11-25(29)21(15-23)18-30-22-6-7-22;1-2/h3-5,8-12,15-16,18,22,25,30H,2,6-7,13-14,17,29H2,1H3,(H,31,33);1-2H3/b21-18-;. The molecule has 1 heterocycles. The summed E-state index contributed by atoms with van der Waals surface area (Å²) in [4.78, 5) is 16.3. The van der Waals surface area contributed by atoms with Crippen LogP contribution in [0.5, 0.6) is 5.75 Å². The minimum atomic E-state index is -0.115. The van der Waals surface area contributed by atoms with Gasteiger partial charge in [0.05, 0.1) is 12.3 Å². The molecule has 1 saturated carbocycles. The highest BCUT2D eigenvalue weighted by molar-refractivity contribution is 7.98. The second kappa shape index (κ2) is 12.9. The lowest BCUT2D eigenvalue weighted by molar-refractivity contribution is 0.0950. The zero-order chi connectivity index (χ0) is 26.2. The molecule has 2 aliphatic carbocycles. The number of carbonyl (C=O) groups is 1. The number of carbonyl (C=O) groups excluding carboxylic acids is 1. The topological polar surface area (TPSA) is 79.6 Å². The Morgan fingerprint density at radius 1 is 1.19 bits per heavy atom. The van der Waals surface area contributed by atoms with Crippen molar-refractivity contribution in [1.29, 1.82) is 0 Å². The number of nitrogens with one attached hydrogen (secondary N) is 2. The quantitative estimate of drug-likeness (QED) is 0.428. The predicted octanol–water partition coefficient (Wildman–Crippen LogP) is 5.37. The highest BCUT2D eigenvalue weighted by Gasteiger charge is 2.24. The summed E-state index contributed by atoms with van der Waals surface area (Å²) < 4.78 is 6.06. The third-order valence-electron chi connectivity index (χ3n) is 6.46. The first-order chi connectivity index (χ1) is 18.1. The molecule has 3 aliphatic rings. The van der Waals surface area contributed by atoms with E-state index >= 15 is 0 Å². The van der Waals surface area contributed by atoms with E-state index in [1.165, 1.54) is 17.7 Å². The normalized spacial score (nSPS) is 19.6. The summed E-state index contributed by atoms with van der Waals surface area (Å²) in [7, 11) is 0. The fourth-order valence-electron chi connectivity index (χ4n) is 4.21. The number of rotatable bonds is 7. The number of fused-ring (bicyclic) bond motifs is 1. The van der Waals surface area contributed by atoms with Crippen molar-refractivity contribution in [2.45, 2.75) is 56.6 Å². The molecule has 1 amide bonds. The molecule has 4 N–H and O–H groups in total. The maximum absolute atomic E-state index is 12.9. The smallest absolute Gasteiger partial charge is 0.251 e. The molecule has 196 valence electrons. The molecule has 1 unspecified atom stereocenters. The van der Waals surface area contributed by atoms with Crippen molar-refractivity contribution in [3.05, 3.63) is 89.3 Å². The van der Waals surface area contributed by atoms with Crippen molar-refractivity contribution in [2.24, 2.45) is 5.73 Å². The molecule has 6 nitrogen and oxygen atoms in total. The Hall–Kier alpha value is -3.16. The van der Waals surface area contributed by atoms with Gasteiger partial charge in [-0.3, -0.25) is 4.79 Å². The van der Waals surface area contributed by atoms with E-state index < -0.39 is 0 Å². The average molecular weight is 519 g/mol. The van der Waals surface area contributed by atoms with Crippen LogP contribution in [0.4, 0.5) is 5.69 Å². The van der Waals surface area contributed by atoms with Gasteiger partial charge in [0.25, 0.3) is 5.91 Å². The van der Waals surface area contributed by atoms with E-state index in [1.807, 2.05) is 50.3 Å². The highest BCUT2D eigenvalue weighted by atomic mass is 32.2. The van der Waals surface area contributed by atoms with Crippen molar-refractivity contribution in [3.63, 3.8) is 0 Å². The molecule has 5 rings (SSSR count). The summed E-state index contributed by atoms with van der Waals surface area (Å²) in [5.74, 6) is 0.616. The number of benzene rings is 2. The molecule has 0 radical (unpaired) electrons. The van der Waals surface area contributed by atoms with E-state index in [4.69, 9.17) is 10.5 Å². The average Bonchev–Trinajstić information content (AvgIpc) is 3.79. The zero-order valence-electron chi connectivity index (χ0n) is 22.0. The molecule has 0 bridgehead atoms. The Kier molecular flexibility index (Phi) is 9.36. The molecule has 2 aromatic carbocycles. The van der Waals surface area contributed by atoms with E-state index in [1.54, 1.807) is 11.8 Å². The first kappa shape index (κ1) is 26.9. The van der Waals surface area contributed by atoms with Crippen molar-refractivity contribution < 1.29 is 9.53 Å². The number of anilines is 1. The van der Waals surface area contributed by atoms with Crippen molar-refractivity contribution in [2.75, 3.05) is 24.3 Å². The Morgan fingerprint density at radius 3 is 2.70 bits per heavy atom. The Balaban J connectivity index is 0.00000156. The number of amides is 1. The van der Waals surface area contributed by atoms with Gasteiger partial charge in [0.1, 0.15) is 5.75 Å². The summed E-state index contributed by atoms with van der Waals surface area (Å²) in [6.45, 7) is 5.93. The van der Waals surface area contributed by atoms with Gasteiger partial charge in [-0.05, 0) is 79.1 Å². The number of thioether (sulfide) groups is 1. The van der Waals surface area contributed by atoms with Crippen LogP contribution in [0.2, 0.25) is 0 Å². The summed E-state index contributed by atoms with van der Waals surface area (Å²) in [6.07, 6.45) is 13.7. The molecule has 0 aromatic heterocycles. The Labute approximate surface area is 225 Å². The second-order valence-electron chi connectivity index (χ2n) is 9.11. The number of nitrogens with zero attached hydrogens (tertiary/aromatic N) is 1. The van der Waals surface area contributed by atoms with Gasteiger partial charge in [-0.25, -0.2) is 0 Å². The van der Waals surface area contributed by atoms with Crippen LogP contribution in [0.3, 0.4) is 0 Å². The van der Waals surface area contributed by atoms with Gasteiger partial charge in [-0.1, -0.05) is 32.1 Å². The van der Waals surface area contributed by atoms with Gasteiger partial charge in [0.15, 0.2) is 0 Å². The maximum Gasteiger partial charge on any atom is 0.251 e. The number of hydrogen-bond donors (Lipinski definition) is 3. The van der Waals surface area contributed by atoms with Crippen LogP contribution in [0.15, 0.2) is 83.1 Å². The van der Waals surface area contributed by atoms with Crippen LogP contribution in [-0.4, -0.2) is 37.4 Å². The second-order valence-corrected chi connectivity index (χ2v) is 9.99. The Morgan fingerprint density at radius 2 is 1.97 bits per heavy atom. The van der Waals surface area contributed by atoms with Crippen LogP contribution < -0.4 is 26.0 Å². The first-order valence-corrected chi connectivity index (χ1v) is 14.4. The largest absolute Gasteiger partial charge is 0.491 e. The lowest BCUT2D eigenvalue weighted by atomic mass is 10.0. The van der Waals surface area contributed by atoms with E-state index in [0.29, 0.717) is 24.8 Å². The Bertz CT molecular complexity index is 1170. The van der Waals surface area contributed by atoms with E-state index in [9.17, 15) is 4.79 Å². The summed E-state index contributed by atoms with van der Waals surface area (Å²) >= 11 is 1.70. The number of allylic oxidation sites excluding steroid dienone is 1. The van der Waals surface area contributed by atoms with Gasteiger partial charge < -0.3 is 26.0 Å². The highest BCUT2D eigenvalue weighted by Crippen LogP contribution is 2.36. The third-order valence-corrected chi connectivity index (χ3v) is 7.20. The number of ether oxygens (including phenoxy) is 1. The lowest BCUT2D eigenvalue weighted by Crippen LogP contribution is -2.29. The molecule has 1 fully saturated rings. The van der Waals surface area contributed by atoms with E-state index in [-0.39, 0.29) is 11.9 Å². The predicted molar refractivity (Wildman–Crippen MR) is 154 cm³/mol. The third kappa shape index (κ3) is 6.99. The van der Waals surface area contributed by atoms with Crippen LogP contribution in [0.25, 0.3) is 0 Å². The minimum Gasteiger partial charge on any atom is -0.491 e. The fraction of sp³-hybridized carbons (Fsp3) is 0.367. The minimum absolute atomic E-state index is 0.111. The van der Waals surface area contributed by atoms with E-state index in [0.717, 1.165) is 41.2 Å². The number of hydrogen-bond acceptors (Lipinski definition) is 6. The lowest BCUT2D eigenvalue weighted by Gasteiger charge is -2.28. The maximum atomic E-state index is 12.9.